The molecule has 0 aliphatic carbocycles. The Morgan fingerprint density at radius 3 is 2.58 bits per heavy atom. The first-order valence-electron chi connectivity index (χ1n) is 6.19. The zero-order valence-electron chi connectivity index (χ0n) is 11.4. The van der Waals surface area contributed by atoms with Crippen LogP contribution < -0.4 is 10.9 Å². The highest BCUT2D eigenvalue weighted by atomic mass is 16.2. The van der Waals surface area contributed by atoms with E-state index < -0.39 is 11.5 Å². The van der Waals surface area contributed by atoms with Crippen LogP contribution in [0.15, 0.2) is 16.9 Å². The van der Waals surface area contributed by atoms with Crippen molar-refractivity contribution in [3.8, 4) is 0 Å². The Morgan fingerprint density at radius 2 is 2.05 bits per heavy atom. The molecule has 0 unspecified atom stereocenters. The lowest BCUT2D eigenvalue weighted by Gasteiger charge is -2.20. The third-order valence-corrected chi connectivity index (χ3v) is 2.68. The van der Waals surface area contributed by atoms with Crippen molar-refractivity contribution in [2.24, 2.45) is 0 Å². The van der Waals surface area contributed by atoms with E-state index in [4.69, 9.17) is 0 Å². The Balaban J connectivity index is 2.98. The second kappa shape index (κ2) is 6.72. The maximum Gasteiger partial charge on any atom is 0.260 e. The van der Waals surface area contributed by atoms with Crippen molar-refractivity contribution in [1.82, 2.24) is 15.2 Å². The number of likely N-dealkylation sites (N-methyl/N-ethyl adjacent to an activating group) is 1. The predicted molar refractivity (Wildman–Crippen MR) is 72.1 cm³/mol. The van der Waals surface area contributed by atoms with Crippen molar-refractivity contribution in [3.05, 3.63) is 33.7 Å². The highest BCUT2D eigenvalue weighted by molar-refractivity contribution is 5.96. The van der Waals surface area contributed by atoms with Crippen LogP contribution in [0.25, 0.3) is 0 Å². The van der Waals surface area contributed by atoms with Crippen LogP contribution in [-0.2, 0) is 4.79 Å². The van der Waals surface area contributed by atoms with Gasteiger partial charge in [0.15, 0.2) is 0 Å². The Bertz CT molecular complexity index is 522. The number of hydrogen-bond acceptors (Lipinski definition) is 3. The summed E-state index contributed by atoms with van der Waals surface area (Å²) in [5, 5.41) is 2.47. The second-order valence-corrected chi connectivity index (χ2v) is 4.28. The second-order valence-electron chi connectivity index (χ2n) is 4.28. The largest absolute Gasteiger partial charge is 0.358 e. The molecule has 0 radical (unpaired) electrons. The molecule has 0 aliphatic rings. The van der Waals surface area contributed by atoms with E-state index in [0.29, 0.717) is 18.7 Å². The molecular formula is C13H19N3O3. The van der Waals surface area contributed by atoms with Crippen LogP contribution in [0.2, 0.25) is 0 Å². The molecule has 0 fully saturated rings. The van der Waals surface area contributed by atoms with Gasteiger partial charge in [-0.05, 0) is 25.5 Å². The minimum absolute atomic E-state index is 0.0451. The standard InChI is InChI=1S/C13H19N3O3/c1-4-7-16(8-11(17)14-3)13(19)10-6-5-9(2)15-12(10)18/h5-6H,4,7-8H2,1-3H3,(H,14,17)(H,15,18). The van der Waals surface area contributed by atoms with E-state index >= 15 is 0 Å². The predicted octanol–water partition coefficient (Wildman–Crippen LogP) is 0.282. The molecule has 1 aromatic heterocycles. The van der Waals surface area contributed by atoms with Crippen LogP contribution in [0.5, 0.6) is 0 Å². The van der Waals surface area contributed by atoms with Crippen molar-refractivity contribution in [2.45, 2.75) is 20.3 Å². The number of nitrogens with zero attached hydrogens (tertiary/aromatic N) is 1. The SMILES string of the molecule is CCCN(CC(=O)NC)C(=O)c1ccc(C)[nH]c1=O. The number of hydrogen-bond donors (Lipinski definition) is 2. The van der Waals surface area contributed by atoms with E-state index in [1.807, 2.05) is 6.92 Å². The third kappa shape index (κ3) is 3.94. The number of carbonyl (C=O) groups is 2. The van der Waals surface area contributed by atoms with E-state index in [2.05, 4.69) is 10.3 Å². The van der Waals surface area contributed by atoms with E-state index in [1.54, 1.807) is 13.0 Å². The zero-order chi connectivity index (χ0) is 14.4. The van der Waals surface area contributed by atoms with Crippen LogP contribution in [0.3, 0.4) is 0 Å². The molecule has 0 spiro atoms. The molecule has 0 aliphatic heterocycles. The number of pyridine rings is 1. The number of aromatic nitrogens is 1. The van der Waals surface area contributed by atoms with Crippen molar-refractivity contribution < 1.29 is 9.59 Å². The van der Waals surface area contributed by atoms with Gasteiger partial charge < -0.3 is 15.2 Å². The van der Waals surface area contributed by atoms with Crippen LogP contribution in [0, 0.1) is 6.92 Å². The van der Waals surface area contributed by atoms with E-state index in [-0.39, 0.29) is 18.0 Å². The molecule has 1 rings (SSSR count). The normalized spacial score (nSPS) is 10.1. The van der Waals surface area contributed by atoms with Crippen LogP contribution >= 0.6 is 0 Å². The fraction of sp³-hybridized carbons (Fsp3) is 0.462. The Hall–Kier alpha value is -2.11. The van der Waals surface area contributed by atoms with Crippen molar-refractivity contribution in [3.63, 3.8) is 0 Å². The first-order chi connectivity index (χ1) is 8.99. The summed E-state index contributed by atoms with van der Waals surface area (Å²) in [6.07, 6.45) is 0.715. The summed E-state index contributed by atoms with van der Waals surface area (Å²) in [4.78, 5) is 39.3. The first-order valence-corrected chi connectivity index (χ1v) is 6.19. The number of aromatic amines is 1. The summed E-state index contributed by atoms with van der Waals surface area (Å²) in [7, 11) is 1.51. The maximum atomic E-state index is 12.2. The maximum absolute atomic E-state index is 12.2. The van der Waals surface area contributed by atoms with E-state index in [1.165, 1.54) is 18.0 Å². The van der Waals surface area contributed by atoms with Gasteiger partial charge in [-0.1, -0.05) is 6.92 Å². The van der Waals surface area contributed by atoms with Gasteiger partial charge in [0, 0.05) is 19.3 Å². The molecule has 1 aromatic rings. The molecule has 19 heavy (non-hydrogen) atoms. The molecule has 2 amide bonds. The van der Waals surface area contributed by atoms with Gasteiger partial charge in [0.1, 0.15) is 5.56 Å². The van der Waals surface area contributed by atoms with Crippen molar-refractivity contribution in [1.29, 1.82) is 0 Å². The molecule has 0 saturated carbocycles. The number of aryl methyl sites for hydroxylation is 1. The Kier molecular flexibility index (Phi) is 5.29. The highest BCUT2D eigenvalue weighted by Crippen LogP contribution is 2.02. The molecule has 1 heterocycles. The van der Waals surface area contributed by atoms with Gasteiger partial charge in [0.2, 0.25) is 5.91 Å². The van der Waals surface area contributed by atoms with Crippen molar-refractivity contribution in [2.75, 3.05) is 20.1 Å². The van der Waals surface area contributed by atoms with Gasteiger partial charge in [-0.2, -0.15) is 0 Å². The molecule has 2 N–H and O–H groups in total. The van der Waals surface area contributed by atoms with Crippen molar-refractivity contribution >= 4 is 11.8 Å². The molecule has 0 saturated heterocycles. The van der Waals surface area contributed by atoms with Gasteiger partial charge >= 0.3 is 0 Å². The summed E-state index contributed by atoms with van der Waals surface area (Å²) >= 11 is 0. The summed E-state index contributed by atoms with van der Waals surface area (Å²) in [5.41, 5.74) is 0.320. The number of H-pyrrole nitrogens is 1. The van der Waals surface area contributed by atoms with Crippen LogP contribution in [0.1, 0.15) is 29.4 Å². The summed E-state index contributed by atoms with van der Waals surface area (Å²) in [5.74, 6) is -0.683. The minimum atomic E-state index is -0.428. The lowest BCUT2D eigenvalue weighted by molar-refractivity contribution is -0.121. The summed E-state index contributed by atoms with van der Waals surface area (Å²) in [6, 6.07) is 3.15. The molecule has 0 atom stereocenters. The van der Waals surface area contributed by atoms with Gasteiger partial charge in [0.25, 0.3) is 11.5 Å². The van der Waals surface area contributed by atoms with E-state index in [9.17, 15) is 14.4 Å². The Labute approximate surface area is 111 Å². The lowest BCUT2D eigenvalue weighted by atomic mass is 10.2. The molecular weight excluding hydrogens is 246 g/mol. The molecule has 104 valence electrons. The first kappa shape index (κ1) is 14.9. The average Bonchev–Trinajstić information content (AvgIpc) is 2.37. The zero-order valence-corrected chi connectivity index (χ0v) is 11.4. The lowest BCUT2D eigenvalue weighted by Crippen LogP contribution is -2.41. The van der Waals surface area contributed by atoms with Crippen LogP contribution in [0.4, 0.5) is 0 Å². The number of amides is 2. The molecule has 0 aromatic carbocycles. The summed E-state index contributed by atoms with van der Waals surface area (Å²) < 4.78 is 0. The third-order valence-electron chi connectivity index (χ3n) is 2.68. The summed E-state index contributed by atoms with van der Waals surface area (Å²) in [6.45, 7) is 4.03. The average molecular weight is 265 g/mol. The fourth-order valence-electron chi connectivity index (χ4n) is 1.69. The van der Waals surface area contributed by atoms with Gasteiger partial charge in [-0.3, -0.25) is 14.4 Å². The smallest absolute Gasteiger partial charge is 0.260 e. The molecule has 0 bridgehead atoms. The number of nitrogens with one attached hydrogen (secondary N) is 2. The minimum Gasteiger partial charge on any atom is -0.358 e. The Morgan fingerprint density at radius 1 is 1.37 bits per heavy atom. The topological polar surface area (TPSA) is 82.3 Å². The molecule has 6 nitrogen and oxygen atoms in total. The fourth-order valence-corrected chi connectivity index (χ4v) is 1.69. The molecule has 6 heteroatoms. The van der Waals surface area contributed by atoms with Gasteiger partial charge in [-0.25, -0.2) is 0 Å². The number of carbonyl (C=O) groups excluding carboxylic acids is 2. The quantitative estimate of drug-likeness (QED) is 0.802. The van der Waals surface area contributed by atoms with Gasteiger partial charge in [0.05, 0.1) is 6.54 Å². The monoisotopic (exact) mass is 265 g/mol. The van der Waals surface area contributed by atoms with Gasteiger partial charge in [-0.15, -0.1) is 0 Å². The highest BCUT2D eigenvalue weighted by Gasteiger charge is 2.20. The number of rotatable bonds is 5. The van der Waals surface area contributed by atoms with E-state index in [0.717, 1.165) is 0 Å². The van der Waals surface area contributed by atoms with Crippen LogP contribution in [-0.4, -0.2) is 41.8 Å².